The predicted octanol–water partition coefficient (Wildman–Crippen LogP) is 2.39. The van der Waals surface area contributed by atoms with Crippen molar-refractivity contribution in [2.24, 2.45) is 5.92 Å². The van der Waals surface area contributed by atoms with Gasteiger partial charge in [-0.3, -0.25) is 9.89 Å². The monoisotopic (exact) mass is 269 g/mol. The predicted molar refractivity (Wildman–Crippen MR) is 77.1 cm³/mol. The maximum Gasteiger partial charge on any atom is 0.223 e. The van der Waals surface area contributed by atoms with Crippen molar-refractivity contribution in [3.8, 4) is 0 Å². The number of amides is 1. The zero-order valence-corrected chi connectivity index (χ0v) is 11.6. The number of benzene rings is 1. The van der Waals surface area contributed by atoms with Crippen LogP contribution >= 0.6 is 0 Å². The Morgan fingerprint density at radius 2 is 2.20 bits per heavy atom. The average Bonchev–Trinajstić information content (AvgIpc) is 3.01. The van der Waals surface area contributed by atoms with Crippen molar-refractivity contribution in [1.82, 2.24) is 15.5 Å². The second-order valence-corrected chi connectivity index (χ2v) is 5.47. The van der Waals surface area contributed by atoms with Crippen molar-refractivity contribution in [1.29, 1.82) is 0 Å². The van der Waals surface area contributed by atoms with E-state index in [0.717, 1.165) is 24.8 Å². The van der Waals surface area contributed by atoms with Crippen LogP contribution in [0.4, 0.5) is 0 Å². The van der Waals surface area contributed by atoms with Crippen molar-refractivity contribution in [3.05, 3.63) is 53.3 Å². The Kier molecular flexibility index (Phi) is 3.54. The highest BCUT2D eigenvalue weighted by Crippen LogP contribution is 2.26. The van der Waals surface area contributed by atoms with E-state index in [9.17, 15) is 4.79 Å². The Bertz CT molecular complexity index is 592. The number of aromatic nitrogens is 2. The summed E-state index contributed by atoms with van der Waals surface area (Å²) in [5.74, 6) is 0.229. The Balaban J connectivity index is 1.64. The molecule has 1 aliphatic rings. The van der Waals surface area contributed by atoms with Crippen molar-refractivity contribution in [2.45, 2.75) is 32.2 Å². The summed E-state index contributed by atoms with van der Waals surface area (Å²) >= 11 is 0. The smallest absolute Gasteiger partial charge is 0.223 e. The molecule has 1 aromatic heterocycles. The van der Waals surface area contributed by atoms with E-state index >= 15 is 0 Å². The normalized spacial score (nSPS) is 19.1. The van der Waals surface area contributed by atoms with Crippen LogP contribution in [0.25, 0.3) is 0 Å². The summed E-state index contributed by atoms with van der Waals surface area (Å²) in [5, 5.41) is 9.78. The minimum absolute atomic E-state index is 0.00146. The maximum atomic E-state index is 12.4. The van der Waals surface area contributed by atoms with E-state index in [4.69, 9.17) is 0 Å². The highest BCUT2D eigenvalue weighted by molar-refractivity contribution is 5.79. The topological polar surface area (TPSA) is 57.8 Å². The first-order valence-electron chi connectivity index (χ1n) is 7.10. The highest BCUT2D eigenvalue weighted by atomic mass is 16.1. The van der Waals surface area contributed by atoms with Crippen LogP contribution in [0.15, 0.2) is 36.7 Å². The lowest BCUT2D eigenvalue weighted by Crippen LogP contribution is -2.35. The first kappa shape index (κ1) is 12.9. The summed E-state index contributed by atoms with van der Waals surface area (Å²) < 4.78 is 0. The fourth-order valence-corrected chi connectivity index (χ4v) is 2.83. The number of nitrogens with zero attached hydrogens (tertiary/aromatic N) is 1. The molecule has 0 radical (unpaired) electrons. The minimum atomic E-state index is -0.00146. The first-order valence-corrected chi connectivity index (χ1v) is 7.10. The van der Waals surface area contributed by atoms with Gasteiger partial charge in [-0.15, -0.1) is 0 Å². The SMILES string of the molecule is CC(NC(=O)C1CCc2ccccc2C1)c1cn[nH]c1. The molecule has 0 bridgehead atoms. The minimum Gasteiger partial charge on any atom is -0.349 e. The second kappa shape index (κ2) is 5.49. The molecule has 2 aromatic rings. The second-order valence-electron chi connectivity index (χ2n) is 5.47. The maximum absolute atomic E-state index is 12.4. The molecule has 1 aromatic carbocycles. The summed E-state index contributed by atoms with van der Waals surface area (Å²) in [7, 11) is 0. The largest absolute Gasteiger partial charge is 0.349 e. The first-order chi connectivity index (χ1) is 9.74. The number of nitrogens with one attached hydrogen (secondary N) is 2. The lowest BCUT2D eigenvalue weighted by Gasteiger charge is -2.25. The van der Waals surface area contributed by atoms with Gasteiger partial charge >= 0.3 is 0 Å². The van der Waals surface area contributed by atoms with Gasteiger partial charge in [-0.05, 0) is 37.3 Å². The molecule has 4 nitrogen and oxygen atoms in total. The molecule has 2 unspecified atom stereocenters. The number of hydrogen-bond donors (Lipinski definition) is 2. The molecule has 2 atom stereocenters. The molecule has 0 spiro atoms. The van der Waals surface area contributed by atoms with E-state index in [2.05, 4.69) is 33.7 Å². The van der Waals surface area contributed by atoms with Gasteiger partial charge in [0.1, 0.15) is 0 Å². The van der Waals surface area contributed by atoms with E-state index in [1.165, 1.54) is 11.1 Å². The van der Waals surface area contributed by atoms with Gasteiger partial charge in [-0.1, -0.05) is 24.3 Å². The van der Waals surface area contributed by atoms with Gasteiger partial charge in [0, 0.05) is 17.7 Å². The number of carbonyl (C=O) groups is 1. The van der Waals surface area contributed by atoms with Gasteiger partial charge in [-0.2, -0.15) is 5.10 Å². The molecule has 0 fully saturated rings. The fraction of sp³-hybridized carbons (Fsp3) is 0.375. The Hall–Kier alpha value is -2.10. The van der Waals surface area contributed by atoms with Crippen molar-refractivity contribution in [3.63, 3.8) is 0 Å². The fourth-order valence-electron chi connectivity index (χ4n) is 2.83. The van der Waals surface area contributed by atoms with Crippen LogP contribution in [0.2, 0.25) is 0 Å². The molecule has 1 amide bonds. The number of fused-ring (bicyclic) bond motifs is 1. The number of rotatable bonds is 3. The Morgan fingerprint density at radius 1 is 1.40 bits per heavy atom. The van der Waals surface area contributed by atoms with Crippen LogP contribution < -0.4 is 5.32 Å². The van der Waals surface area contributed by atoms with E-state index < -0.39 is 0 Å². The van der Waals surface area contributed by atoms with Crippen molar-refractivity contribution >= 4 is 5.91 Å². The molecular weight excluding hydrogens is 250 g/mol. The zero-order chi connectivity index (χ0) is 13.9. The molecule has 0 saturated carbocycles. The molecule has 104 valence electrons. The average molecular weight is 269 g/mol. The van der Waals surface area contributed by atoms with Crippen LogP contribution in [0, 0.1) is 5.92 Å². The molecule has 0 saturated heterocycles. The van der Waals surface area contributed by atoms with Crippen LogP contribution in [-0.4, -0.2) is 16.1 Å². The number of hydrogen-bond acceptors (Lipinski definition) is 2. The van der Waals surface area contributed by atoms with Gasteiger partial charge in [0.25, 0.3) is 0 Å². The summed E-state index contributed by atoms with van der Waals surface area (Å²) in [6, 6.07) is 8.41. The molecule has 3 rings (SSSR count). The van der Waals surface area contributed by atoms with Crippen LogP contribution in [0.3, 0.4) is 0 Å². The molecule has 2 N–H and O–H groups in total. The summed E-state index contributed by atoms with van der Waals surface area (Å²) in [5.41, 5.74) is 3.71. The number of H-pyrrole nitrogens is 1. The van der Waals surface area contributed by atoms with E-state index in [-0.39, 0.29) is 17.9 Å². The van der Waals surface area contributed by atoms with E-state index in [1.807, 2.05) is 19.2 Å². The molecule has 20 heavy (non-hydrogen) atoms. The summed E-state index contributed by atoms with van der Waals surface area (Å²) in [6.07, 6.45) is 6.34. The van der Waals surface area contributed by atoms with Gasteiger partial charge < -0.3 is 5.32 Å². The van der Waals surface area contributed by atoms with Crippen LogP contribution in [0.5, 0.6) is 0 Å². The lowest BCUT2D eigenvalue weighted by atomic mass is 9.83. The standard InChI is InChI=1S/C16H19N3O/c1-11(15-9-17-18-10-15)19-16(20)14-7-6-12-4-2-3-5-13(12)8-14/h2-5,9-11,14H,6-8H2,1H3,(H,17,18)(H,19,20). The third-order valence-corrected chi connectivity index (χ3v) is 4.10. The van der Waals surface area contributed by atoms with Crippen molar-refractivity contribution < 1.29 is 4.79 Å². The molecule has 1 aliphatic carbocycles. The summed E-state index contributed by atoms with van der Waals surface area (Å²) in [4.78, 5) is 12.4. The molecule has 4 heteroatoms. The lowest BCUT2D eigenvalue weighted by molar-refractivity contribution is -0.126. The number of aromatic amines is 1. The Morgan fingerprint density at radius 3 is 2.95 bits per heavy atom. The quantitative estimate of drug-likeness (QED) is 0.899. The van der Waals surface area contributed by atoms with Crippen molar-refractivity contribution in [2.75, 3.05) is 0 Å². The highest BCUT2D eigenvalue weighted by Gasteiger charge is 2.25. The van der Waals surface area contributed by atoms with Crippen LogP contribution in [-0.2, 0) is 17.6 Å². The molecule has 0 aliphatic heterocycles. The van der Waals surface area contributed by atoms with Gasteiger partial charge in [0.2, 0.25) is 5.91 Å². The summed E-state index contributed by atoms with van der Waals surface area (Å²) in [6.45, 7) is 1.99. The van der Waals surface area contributed by atoms with Gasteiger partial charge in [-0.25, -0.2) is 0 Å². The molecular formula is C16H19N3O. The van der Waals surface area contributed by atoms with E-state index in [1.54, 1.807) is 6.20 Å². The van der Waals surface area contributed by atoms with Crippen LogP contribution in [0.1, 0.15) is 36.1 Å². The molecule has 1 heterocycles. The number of carbonyl (C=O) groups excluding carboxylic acids is 1. The number of aryl methyl sites for hydroxylation is 1. The van der Waals surface area contributed by atoms with Gasteiger partial charge in [0.15, 0.2) is 0 Å². The van der Waals surface area contributed by atoms with Gasteiger partial charge in [0.05, 0.1) is 12.2 Å². The third kappa shape index (κ3) is 2.59. The zero-order valence-electron chi connectivity index (χ0n) is 11.6. The third-order valence-electron chi connectivity index (χ3n) is 4.10. The van der Waals surface area contributed by atoms with E-state index in [0.29, 0.717) is 0 Å². The Labute approximate surface area is 118 Å².